The standard InChI is InChI=1S/C14H15N3O3S/c1-17(13(18)6-15)8-12-16-7-11(21-12)9-4-2-3-5-10(9)14(19)20/h2-5,7H,6,8,15H2,1H3,(H,19,20). The zero-order valence-corrected chi connectivity index (χ0v) is 12.3. The van der Waals surface area contributed by atoms with Crippen LogP contribution in [0.3, 0.4) is 0 Å². The second-order valence-electron chi connectivity index (χ2n) is 4.42. The van der Waals surface area contributed by atoms with Gasteiger partial charge in [-0.3, -0.25) is 4.79 Å². The molecule has 3 N–H and O–H groups in total. The van der Waals surface area contributed by atoms with Gasteiger partial charge in [0.2, 0.25) is 5.91 Å². The van der Waals surface area contributed by atoms with Crippen molar-refractivity contribution in [2.45, 2.75) is 6.54 Å². The molecule has 0 aliphatic carbocycles. The average molecular weight is 305 g/mol. The van der Waals surface area contributed by atoms with Gasteiger partial charge in [0.15, 0.2) is 0 Å². The molecule has 1 aromatic heterocycles. The molecule has 1 amide bonds. The topological polar surface area (TPSA) is 96.5 Å². The summed E-state index contributed by atoms with van der Waals surface area (Å²) < 4.78 is 0. The number of carbonyl (C=O) groups excluding carboxylic acids is 1. The van der Waals surface area contributed by atoms with E-state index in [2.05, 4.69) is 4.98 Å². The van der Waals surface area contributed by atoms with Gasteiger partial charge in [0.25, 0.3) is 0 Å². The molecule has 2 rings (SSSR count). The van der Waals surface area contributed by atoms with Gasteiger partial charge in [0.05, 0.1) is 23.5 Å². The summed E-state index contributed by atoms with van der Waals surface area (Å²) in [6, 6.07) is 6.77. The number of carboxylic acids is 1. The molecule has 0 unspecified atom stereocenters. The Labute approximate surface area is 125 Å². The SMILES string of the molecule is CN(Cc1ncc(-c2ccccc2C(=O)O)s1)C(=O)CN. The van der Waals surface area contributed by atoms with Crippen molar-refractivity contribution in [1.29, 1.82) is 0 Å². The van der Waals surface area contributed by atoms with Crippen molar-refractivity contribution in [3.05, 3.63) is 41.0 Å². The fraction of sp³-hybridized carbons (Fsp3) is 0.214. The number of nitrogens with two attached hydrogens (primary N) is 1. The highest BCUT2D eigenvalue weighted by atomic mass is 32.1. The molecule has 0 aliphatic rings. The average Bonchev–Trinajstić information content (AvgIpc) is 2.94. The van der Waals surface area contributed by atoms with Gasteiger partial charge in [0, 0.05) is 18.8 Å². The molecule has 0 aliphatic heterocycles. The van der Waals surface area contributed by atoms with Crippen LogP contribution in [0, 0.1) is 0 Å². The summed E-state index contributed by atoms with van der Waals surface area (Å²) in [7, 11) is 1.65. The van der Waals surface area contributed by atoms with Crippen LogP contribution in [0.15, 0.2) is 30.5 Å². The summed E-state index contributed by atoms with van der Waals surface area (Å²) in [4.78, 5) is 29.2. The summed E-state index contributed by atoms with van der Waals surface area (Å²) in [5, 5.41) is 9.93. The zero-order chi connectivity index (χ0) is 15.4. The third-order valence-electron chi connectivity index (χ3n) is 2.95. The van der Waals surface area contributed by atoms with E-state index in [0.29, 0.717) is 12.1 Å². The maximum atomic E-state index is 11.4. The molecular weight excluding hydrogens is 290 g/mol. The number of carboxylic acid groups (broad SMARTS) is 1. The van der Waals surface area contributed by atoms with Crippen LogP contribution >= 0.6 is 11.3 Å². The minimum absolute atomic E-state index is 0.0451. The smallest absolute Gasteiger partial charge is 0.336 e. The van der Waals surface area contributed by atoms with E-state index in [1.54, 1.807) is 37.5 Å². The summed E-state index contributed by atoms with van der Waals surface area (Å²) >= 11 is 1.36. The number of hydrogen-bond donors (Lipinski definition) is 2. The van der Waals surface area contributed by atoms with Gasteiger partial charge in [-0.1, -0.05) is 18.2 Å². The fourth-order valence-corrected chi connectivity index (χ4v) is 2.85. The molecule has 0 saturated heterocycles. The summed E-state index contributed by atoms with van der Waals surface area (Å²) in [6.45, 7) is 0.312. The number of nitrogens with zero attached hydrogens (tertiary/aromatic N) is 2. The molecule has 7 heteroatoms. The van der Waals surface area contributed by atoms with Gasteiger partial charge >= 0.3 is 5.97 Å². The maximum Gasteiger partial charge on any atom is 0.336 e. The van der Waals surface area contributed by atoms with Gasteiger partial charge < -0.3 is 15.7 Å². The normalized spacial score (nSPS) is 10.4. The molecule has 0 atom stereocenters. The van der Waals surface area contributed by atoms with Crippen LogP contribution in [0.1, 0.15) is 15.4 Å². The molecule has 0 radical (unpaired) electrons. The van der Waals surface area contributed by atoms with Crippen LogP contribution in [-0.2, 0) is 11.3 Å². The Bertz CT molecular complexity index is 669. The first kappa shape index (κ1) is 15.1. The lowest BCUT2D eigenvalue weighted by Gasteiger charge is -2.13. The largest absolute Gasteiger partial charge is 0.478 e. The number of hydrogen-bond acceptors (Lipinski definition) is 5. The van der Waals surface area contributed by atoms with E-state index in [1.807, 2.05) is 0 Å². The van der Waals surface area contributed by atoms with Crippen LogP contribution < -0.4 is 5.73 Å². The van der Waals surface area contributed by atoms with Crippen molar-refractivity contribution >= 4 is 23.2 Å². The zero-order valence-electron chi connectivity index (χ0n) is 11.4. The highest BCUT2D eigenvalue weighted by Crippen LogP contribution is 2.29. The molecule has 1 aromatic carbocycles. The van der Waals surface area contributed by atoms with Crippen molar-refractivity contribution < 1.29 is 14.7 Å². The van der Waals surface area contributed by atoms with Gasteiger partial charge in [-0.15, -0.1) is 11.3 Å². The fourth-order valence-electron chi connectivity index (χ4n) is 1.84. The first-order chi connectivity index (χ1) is 10.0. The Balaban J connectivity index is 2.25. The molecule has 0 saturated carbocycles. The van der Waals surface area contributed by atoms with E-state index in [-0.39, 0.29) is 18.0 Å². The third kappa shape index (κ3) is 3.45. The molecule has 1 heterocycles. The van der Waals surface area contributed by atoms with E-state index in [0.717, 1.165) is 9.88 Å². The van der Waals surface area contributed by atoms with Crippen molar-refractivity contribution in [2.75, 3.05) is 13.6 Å². The van der Waals surface area contributed by atoms with E-state index >= 15 is 0 Å². The highest BCUT2D eigenvalue weighted by Gasteiger charge is 2.15. The second-order valence-corrected chi connectivity index (χ2v) is 5.54. The Hall–Kier alpha value is -2.25. The van der Waals surface area contributed by atoms with E-state index in [9.17, 15) is 14.7 Å². The van der Waals surface area contributed by atoms with Crippen molar-refractivity contribution in [3.63, 3.8) is 0 Å². The van der Waals surface area contributed by atoms with Crippen LogP contribution in [0.4, 0.5) is 0 Å². The lowest BCUT2D eigenvalue weighted by atomic mass is 10.1. The second kappa shape index (κ2) is 6.47. The van der Waals surface area contributed by atoms with Crippen LogP contribution in [0.5, 0.6) is 0 Å². The lowest BCUT2D eigenvalue weighted by molar-refractivity contribution is -0.128. The Morgan fingerprint density at radius 3 is 2.76 bits per heavy atom. The number of aromatic nitrogens is 1. The van der Waals surface area contributed by atoms with Crippen LogP contribution in [0.2, 0.25) is 0 Å². The molecule has 0 fully saturated rings. The first-order valence-corrected chi connectivity index (χ1v) is 7.06. The summed E-state index contributed by atoms with van der Waals surface area (Å²) in [5.41, 5.74) is 6.16. The summed E-state index contributed by atoms with van der Waals surface area (Å²) in [5.74, 6) is -1.14. The molecule has 2 aromatic rings. The number of likely N-dealkylation sites (N-methyl/N-ethyl adjacent to an activating group) is 1. The van der Waals surface area contributed by atoms with Crippen molar-refractivity contribution in [1.82, 2.24) is 9.88 Å². The first-order valence-electron chi connectivity index (χ1n) is 6.24. The molecule has 0 spiro atoms. The number of benzene rings is 1. The Morgan fingerprint density at radius 1 is 1.38 bits per heavy atom. The minimum Gasteiger partial charge on any atom is -0.478 e. The minimum atomic E-state index is -0.976. The Kier molecular flexibility index (Phi) is 4.66. The molecule has 110 valence electrons. The molecular formula is C14H15N3O3S. The quantitative estimate of drug-likeness (QED) is 0.871. The predicted octanol–water partition coefficient (Wildman–Crippen LogP) is 1.43. The van der Waals surface area contributed by atoms with Gasteiger partial charge in [-0.05, 0) is 6.07 Å². The van der Waals surface area contributed by atoms with Crippen molar-refractivity contribution in [3.8, 4) is 10.4 Å². The lowest BCUT2D eigenvalue weighted by Crippen LogP contribution is -2.31. The van der Waals surface area contributed by atoms with Gasteiger partial charge in [-0.25, -0.2) is 9.78 Å². The van der Waals surface area contributed by atoms with E-state index in [1.165, 1.54) is 16.2 Å². The molecule has 21 heavy (non-hydrogen) atoms. The molecule has 0 bridgehead atoms. The van der Waals surface area contributed by atoms with E-state index in [4.69, 9.17) is 5.73 Å². The Morgan fingerprint density at radius 2 is 2.10 bits per heavy atom. The van der Waals surface area contributed by atoms with Gasteiger partial charge in [0.1, 0.15) is 5.01 Å². The molecule has 6 nitrogen and oxygen atoms in total. The summed E-state index contributed by atoms with van der Waals surface area (Å²) in [6.07, 6.45) is 1.63. The number of rotatable bonds is 5. The number of thiazole rings is 1. The van der Waals surface area contributed by atoms with Gasteiger partial charge in [-0.2, -0.15) is 0 Å². The van der Waals surface area contributed by atoms with Crippen molar-refractivity contribution in [2.24, 2.45) is 5.73 Å². The number of amides is 1. The predicted molar refractivity (Wildman–Crippen MR) is 80.0 cm³/mol. The number of carbonyl (C=O) groups is 2. The maximum absolute atomic E-state index is 11.4. The van der Waals surface area contributed by atoms with E-state index < -0.39 is 5.97 Å². The third-order valence-corrected chi connectivity index (χ3v) is 3.96. The van der Waals surface area contributed by atoms with Crippen LogP contribution in [0.25, 0.3) is 10.4 Å². The highest BCUT2D eigenvalue weighted by molar-refractivity contribution is 7.15. The monoisotopic (exact) mass is 305 g/mol. The number of aromatic carboxylic acids is 1. The van der Waals surface area contributed by atoms with Crippen LogP contribution in [-0.4, -0.2) is 40.5 Å².